The molecule has 2 heterocycles. The molecule has 0 aromatic heterocycles. The molecule has 1 aromatic carbocycles. The Hall–Kier alpha value is -1.59. The fourth-order valence-electron chi connectivity index (χ4n) is 3.30. The molecule has 130 valence electrons. The van der Waals surface area contributed by atoms with Gasteiger partial charge in [-0.15, -0.1) is 0 Å². The predicted octanol–water partition coefficient (Wildman–Crippen LogP) is 2.12. The van der Waals surface area contributed by atoms with E-state index in [1.165, 1.54) is 0 Å². The van der Waals surface area contributed by atoms with Crippen LogP contribution < -0.4 is 0 Å². The number of halogens is 1. The zero-order chi connectivity index (χ0) is 16.9. The number of hydrogen-bond donors (Lipinski definition) is 0. The zero-order valence-electron chi connectivity index (χ0n) is 13.7. The maximum absolute atomic E-state index is 12.5. The smallest absolute Gasteiger partial charge is 0.251 e. The number of carbonyl (C=O) groups excluding carboxylic acids is 2. The maximum Gasteiger partial charge on any atom is 0.251 e. The van der Waals surface area contributed by atoms with Crippen molar-refractivity contribution in [3.05, 3.63) is 34.9 Å². The molecule has 0 bridgehead atoms. The first kappa shape index (κ1) is 17.2. The molecule has 0 N–H and O–H groups in total. The summed E-state index contributed by atoms with van der Waals surface area (Å²) in [6, 6.07) is 7.39. The number of nitrogens with zero attached hydrogens (tertiary/aromatic N) is 2. The Bertz CT molecular complexity index is 602. The third kappa shape index (κ3) is 4.28. The van der Waals surface area contributed by atoms with Gasteiger partial charge in [0, 0.05) is 37.8 Å². The number of carbonyl (C=O) groups is 2. The van der Waals surface area contributed by atoms with E-state index in [1.807, 2.05) is 28.0 Å². The maximum atomic E-state index is 12.5. The highest BCUT2D eigenvalue weighted by atomic mass is 35.5. The number of benzene rings is 1. The molecule has 0 radical (unpaired) electrons. The highest BCUT2D eigenvalue weighted by Crippen LogP contribution is 2.17. The number of rotatable bonds is 3. The lowest BCUT2D eigenvalue weighted by Gasteiger charge is -2.24. The molecule has 1 atom stereocenters. The van der Waals surface area contributed by atoms with E-state index in [9.17, 15) is 9.59 Å². The molecule has 1 aromatic rings. The summed E-state index contributed by atoms with van der Waals surface area (Å²) in [5, 5.41) is 0.643. The fraction of sp³-hybridized carbons (Fsp3) is 0.556. The lowest BCUT2D eigenvalue weighted by atomic mass is 10.1. The summed E-state index contributed by atoms with van der Waals surface area (Å²) in [6.45, 7) is 3.22. The van der Waals surface area contributed by atoms with Crippen LogP contribution in [0, 0.1) is 0 Å². The molecular formula is C18H23ClN2O3. The number of hydrogen-bond acceptors (Lipinski definition) is 3. The van der Waals surface area contributed by atoms with Crippen molar-refractivity contribution in [1.29, 1.82) is 0 Å². The largest absolute Gasteiger partial charge is 0.368 e. The second kappa shape index (κ2) is 7.99. The molecule has 0 aliphatic carbocycles. The Morgan fingerprint density at radius 3 is 2.67 bits per heavy atom. The quantitative estimate of drug-likeness (QED) is 0.839. The van der Waals surface area contributed by atoms with Crippen LogP contribution in [0.3, 0.4) is 0 Å². The number of amides is 2. The topological polar surface area (TPSA) is 49.9 Å². The van der Waals surface area contributed by atoms with Gasteiger partial charge in [0.1, 0.15) is 6.10 Å². The third-order valence-electron chi connectivity index (χ3n) is 4.61. The highest BCUT2D eigenvalue weighted by molar-refractivity contribution is 6.30. The van der Waals surface area contributed by atoms with Gasteiger partial charge in [-0.2, -0.15) is 0 Å². The molecule has 2 saturated heterocycles. The third-order valence-corrected chi connectivity index (χ3v) is 4.84. The lowest BCUT2D eigenvalue weighted by molar-refractivity contribution is -0.141. The minimum absolute atomic E-state index is 0.0802. The minimum atomic E-state index is -0.279. The van der Waals surface area contributed by atoms with Crippen LogP contribution in [0.5, 0.6) is 0 Å². The predicted molar refractivity (Wildman–Crippen MR) is 91.9 cm³/mol. The van der Waals surface area contributed by atoms with Crippen molar-refractivity contribution in [3.63, 3.8) is 0 Å². The van der Waals surface area contributed by atoms with Crippen LogP contribution in [0.1, 0.15) is 24.8 Å². The standard InChI is InChI=1S/C18H23ClN2O3/c19-15-5-1-4-14(12-15)13-17(22)20-7-3-8-21(10-9-20)18(23)16-6-2-11-24-16/h1,4-5,12,16H,2-3,6-11,13H2. The molecule has 3 rings (SSSR count). The SMILES string of the molecule is O=C(Cc1cccc(Cl)c1)N1CCCN(C(=O)C2CCCO2)CC1. The summed E-state index contributed by atoms with van der Waals surface area (Å²) in [6.07, 6.45) is 2.64. The van der Waals surface area contributed by atoms with E-state index in [-0.39, 0.29) is 17.9 Å². The molecule has 5 nitrogen and oxygen atoms in total. The Balaban J connectivity index is 1.54. The average Bonchev–Trinajstić information content (AvgIpc) is 2.98. The van der Waals surface area contributed by atoms with Crippen LogP contribution in [0.15, 0.2) is 24.3 Å². The second-order valence-electron chi connectivity index (χ2n) is 6.37. The van der Waals surface area contributed by atoms with Crippen LogP contribution in [0.2, 0.25) is 5.02 Å². The second-order valence-corrected chi connectivity index (χ2v) is 6.80. The Morgan fingerprint density at radius 2 is 1.92 bits per heavy atom. The van der Waals surface area contributed by atoms with Crippen molar-refractivity contribution in [3.8, 4) is 0 Å². The van der Waals surface area contributed by atoms with Crippen LogP contribution in [0.25, 0.3) is 0 Å². The van der Waals surface area contributed by atoms with Gasteiger partial charge in [0.2, 0.25) is 5.91 Å². The van der Waals surface area contributed by atoms with Gasteiger partial charge in [0.15, 0.2) is 0 Å². The zero-order valence-corrected chi connectivity index (χ0v) is 14.5. The van der Waals surface area contributed by atoms with Crippen molar-refractivity contribution in [2.24, 2.45) is 0 Å². The summed E-state index contributed by atoms with van der Waals surface area (Å²) in [7, 11) is 0. The van der Waals surface area contributed by atoms with E-state index in [2.05, 4.69) is 0 Å². The normalized spacial score (nSPS) is 21.6. The van der Waals surface area contributed by atoms with Crippen LogP contribution in [-0.4, -0.2) is 60.5 Å². The molecule has 2 aliphatic rings. The summed E-state index contributed by atoms with van der Waals surface area (Å²) < 4.78 is 5.49. The Labute approximate surface area is 147 Å². The summed E-state index contributed by atoms with van der Waals surface area (Å²) in [5.41, 5.74) is 0.920. The molecule has 2 fully saturated rings. The lowest BCUT2D eigenvalue weighted by Crippen LogP contribution is -2.42. The van der Waals surface area contributed by atoms with Gasteiger partial charge in [-0.25, -0.2) is 0 Å². The monoisotopic (exact) mass is 350 g/mol. The molecule has 0 spiro atoms. The fourth-order valence-corrected chi connectivity index (χ4v) is 3.51. The summed E-state index contributed by atoms with van der Waals surface area (Å²) in [4.78, 5) is 28.7. The van der Waals surface area contributed by atoms with Crippen molar-refractivity contribution in [1.82, 2.24) is 9.80 Å². The minimum Gasteiger partial charge on any atom is -0.368 e. The first-order chi connectivity index (χ1) is 11.6. The van der Waals surface area contributed by atoms with E-state index in [4.69, 9.17) is 16.3 Å². The Morgan fingerprint density at radius 1 is 1.12 bits per heavy atom. The van der Waals surface area contributed by atoms with E-state index in [0.717, 1.165) is 24.8 Å². The van der Waals surface area contributed by atoms with Gasteiger partial charge in [-0.1, -0.05) is 23.7 Å². The van der Waals surface area contributed by atoms with E-state index in [0.29, 0.717) is 44.2 Å². The van der Waals surface area contributed by atoms with E-state index < -0.39 is 0 Å². The Kier molecular flexibility index (Phi) is 5.74. The summed E-state index contributed by atoms with van der Waals surface area (Å²) in [5.74, 6) is 0.167. The van der Waals surface area contributed by atoms with Gasteiger partial charge in [-0.05, 0) is 37.0 Å². The van der Waals surface area contributed by atoms with Gasteiger partial charge in [0.05, 0.1) is 6.42 Å². The molecule has 1 unspecified atom stereocenters. The van der Waals surface area contributed by atoms with Crippen LogP contribution in [0.4, 0.5) is 0 Å². The molecular weight excluding hydrogens is 328 g/mol. The molecule has 0 saturated carbocycles. The molecule has 2 aliphatic heterocycles. The molecule has 6 heteroatoms. The first-order valence-corrected chi connectivity index (χ1v) is 8.94. The average molecular weight is 351 g/mol. The van der Waals surface area contributed by atoms with Crippen molar-refractivity contribution < 1.29 is 14.3 Å². The van der Waals surface area contributed by atoms with E-state index >= 15 is 0 Å². The van der Waals surface area contributed by atoms with Gasteiger partial charge in [0.25, 0.3) is 5.91 Å². The highest BCUT2D eigenvalue weighted by Gasteiger charge is 2.30. The summed E-state index contributed by atoms with van der Waals surface area (Å²) >= 11 is 5.98. The van der Waals surface area contributed by atoms with Crippen molar-refractivity contribution in [2.75, 3.05) is 32.8 Å². The van der Waals surface area contributed by atoms with E-state index in [1.54, 1.807) is 6.07 Å². The molecule has 24 heavy (non-hydrogen) atoms. The first-order valence-electron chi connectivity index (χ1n) is 8.56. The van der Waals surface area contributed by atoms with Crippen molar-refractivity contribution in [2.45, 2.75) is 31.8 Å². The van der Waals surface area contributed by atoms with Crippen LogP contribution in [-0.2, 0) is 20.7 Å². The number of ether oxygens (including phenoxy) is 1. The van der Waals surface area contributed by atoms with Crippen LogP contribution >= 0.6 is 11.6 Å². The molecule has 2 amide bonds. The van der Waals surface area contributed by atoms with Gasteiger partial charge >= 0.3 is 0 Å². The van der Waals surface area contributed by atoms with Crippen molar-refractivity contribution >= 4 is 23.4 Å². The van der Waals surface area contributed by atoms with Gasteiger partial charge < -0.3 is 14.5 Å². The van der Waals surface area contributed by atoms with Gasteiger partial charge in [-0.3, -0.25) is 9.59 Å².